The van der Waals surface area contributed by atoms with Gasteiger partial charge in [0.05, 0.1) is 18.9 Å². The molecular formula is C21H21IN2O2. The Kier molecular flexibility index (Phi) is 4.73. The van der Waals surface area contributed by atoms with Gasteiger partial charge in [0.1, 0.15) is 5.75 Å². The molecule has 2 aromatic rings. The fourth-order valence-corrected chi connectivity index (χ4v) is 4.59. The summed E-state index contributed by atoms with van der Waals surface area (Å²) >= 11 is 2.33. The third kappa shape index (κ3) is 2.92. The van der Waals surface area contributed by atoms with E-state index in [2.05, 4.69) is 59.0 Å². The van der Waals surface area contributed by atoms with E-state index in [1.54, 1.807) is 12.1 Å². The van der Waals surface area contributed by atoms with Crippen LogP contribution >= 0.6 is 22.6 Å². The Hall–Kier alpha value is -1.89. The smallest absolute Gasteiger partial charge is 0.242 e. The Morgan fingerprint density at radius 3 is 2.88 bits per heavy atom. The first-order valence-electron chi connectivity index (χ1n) is 8.95. The molecule has 26 heavy (non-hydrogen) atoms. The number of hydrazone groups is 1. The number of ether oxygens (including phenoxy) is 1. The van der Waals surface area contributed by atoms with E-state index in [-0.39, 0.29) is 17.9 Å². The molecule has 2 atom stereocenters. The lowest BCUT2D eigenvalue weighted by Crippen LogP contribution is -2.31. The van der Waals surface area contributed by atoms with Crippen LogP contribution in [0.25, 0.3) is 0 Å². The highest BCUT2D eigenvalue weighted by Crippen LogP contribution is 2.44. The van der Waals surface area contributed by atoms with Crippen LogP contribution in [0.3, 0.4) is 0 Å². The highest BCUT2D eigenvalue weighted by molar-refractivity contribution is 14.1. The van der Waals surface area contributed by atoms with Gasteiger partial charge in [-0.2, -0.15) is 5.10 Å². The van der Waals surface area contributed by atoms with Crippen molar-refractivity contribution in [2.75, 3.05) is 7.11 Å². The molecule has 4 rings (SSSR count). The molecule has 1 aliphatic carbocycles. The fraction of sp³-hybridized carbons (Fsp3) is 0.333. The van der Waals surface area contributed by atoms with Gasteiger partial charge in [0.25, 0.3) is 0 Å². The number of rotatable bonds is 3. The molecule has 0 unspecified atom stereocenters. The molecular weight excluding hydrogens is 439 g/mol. The first-order valence-corrected chi connectivity index (χ1v) is 10.0. The molecule has 0 N–H and O–H groups in total. The molecule has 0 bridgehead atoms. The standard InChI is InChI=1S/C21H21IN2O2/c1-3-19(25)24-21(14-5-4-6-15(22)11-14)18-9-7-13-12-16(26-2)8-10-17(13)20(18)23-24/h4-6,8,10-12,18,21H,3,7,9H2,1-2H3/t18-,21+/m0/s1. The van der Waals surface area contributed by atoms with E-state index < -0.39 is 0 Å². The summed E-state index contributed by atoms with van der Waals surface area (Å²) in [5.41, 5.74) is 4.62. The molecule has 0 aromatic heterocycles. The number of methoxy groups -OCH3 is 1. The average molecular weight is 460 g/mol. The number of carbonyl (C=O) groups is 1. The third-order valence-electron chi connectivity index (χ3n) is 5.27. The SMILES string of the molecule is CCC(=O)N1N=C2c3ccc(OC)cc3CC[C@@H]2[C@H]1c1cccc(I)c1. The van der Waals surface area contributed by atoms with Crippen molar-refractivity contribution in [2.24, 2.45) is 11.0 Å². The minimum absolute atomic E-state index is 0.0117. The minimum atomic E-state index is -0.0117. The second kappa shape index (κ2) is 7.02. The van der Waals surface area contributed by atoms with E-state index in [0.717, 1.165) is 29.9 Å². The van der Waals surface area contributed by atoms with Crippen LogP contribution in [-0.2, 0) is 11.2 Å². The van der Waals surface area contributed by atoms with E-state index in [1.165, 1.54) is 14.7 Å². The van der Waals surface area contributed by atoms with Gasteiger partial charge in [0.15, 0.2) is 0 Å². The van der Waals surface area contributed by atoms with Gasteiger partial charge in [-0.1, -0.05) is 19.1 Å². The van der Waals surface area contributed by atoms with E-state index >= 15 is 0 Å². The monoisotopic (exact) mass is 460 g/mol. The Morgan fingerprint density at radius 1 is 1.31 bits per heavy atom. The van der Waals surface area contributed by atoms with Crippen molar-refractivity contribution >= 4 is 34.2 Å². The van der Waals surface area contributed by atoms with Gasteiger partial charge in [-0.15, -0.1) is 0 Å². The summed E-state index contributed by atoms with van der Waals surface area (Å²) in [7, 11) is 1.69. The fourth-order valence-electron chi connectivity index (χ4n) is 4.02. The van der Waals surface area contributed by atoms with Gasteiger partial charge >= 0.3 is 0 Å². The molecule has 0 saturated heterocycles. The Balaban J connectivity index is 1.80. The summed E-state index contributed by atoms with van der Waals surface area (Å²) in [6.45, 7) is 1.90. The maximum absolute atomic E-state index is 12.6. The normalized spacial score (nSPS) is 21.0. The third-order valence-corrected chi connectivity index (χ3v) is 5.94. The lowest BCUT2D eigenvalue weighted by Gasteiger charge is -2.29. The lowest BCUT2D eigenvalue weighted by atomic mass is 9.77. The zero-order chi connectivity index (χ0) is 18.3. The van der Waals surface area contributed by atoms with Crippen molar-refractivity contribution in [1.29, 1.82) is 0 Å². The highest BCUT2D eigenvalue weighted by atomic mass is 127. The van der Waals surface area contributed by atoms with Crippen LogP contribution in [0, 0.1) is 9.49 Å². The summed E-state index contributed by atoms with van der Waals surface area (Å²) in [6.07, 6.45) is 2.42. The number of fused-ring (bicyclic) bond motifs is 3. The van der Waals surface area contributed by atoms with E-state index in [9.17, 15) is 4.79 Å². The van der Waals surface area contributed by atoms with Crippen molar-refractivity contribution in [3.63, 3.8) is 0 Å². The molecule has 1 amide bonds. The molecule has 2 aliphatic rings. The number of hydrogen-bond donors (Lipinski definition) is 0. The number of benzene rings is 2. The van der Waals surface area contributed by atoms with Crippen LogP contribution in [0.1, 0.15) is 42.5 Å². The van der Waals surface area contributed by atoms with Crippen LogP contribution in [0.15, 0.2) is 47.6 Å². The topological polar surface area (TPSA) is 41.9 Å². The molecule has 0 saturated carbocycles. The maximum atomic E-state index is 12.6. The van der Waals surface area contributed by atoms with Gasteiger partial charge in [-0.3, -0.25) is 4.79 Å². The summed E-state index contributed by atoms with van der Waals surface area (Å²) < 4.78 is 6.55. The Morgan fingerprint density at radius 2 is 2.15 bits per heavy atom. The van der Waals surface area contributed by atoms with Gasteiger partial charge in [0.2, 0.25) is 5.91 Å². The largest absolute Gasteiger partial charge is 0.497 e. The molecule has 1 aliphatic heterocycles. The Bertz CT molecular complexity index is 893. The van der Waals surface area contributed by atoms with Crippen molar-refractivity contribution in [2.45, 2.75) is 32.2 Å². The molecule has 1 heterocycles. The van der Waals surface area contributed by atoms with Crippen LogP contribution in [0.5, 0.6) is 5.75 Å². The molecule has 4 nitrogen and oxygen atoms in total. The van der Waals surface area contributed by atoms with Crippen molar-refractivity contribution in [3.05, 3.63) is 62.7 Å². The average Bonchev–Trinajstić information content (AvgIpc) is 3.06. The predicted molar refractivity (Wildman–Crippen MR) is 110 cm³/mol. The van der Waals surface area contributed by atoms with E-state index in [1.807, 2.05) is 13.0 Å². The number of amides is 1. The summed E-state index contributed by atoms with van der Waals surface area (Å²) in [5, 5.41) is 6.55. The second-order valence-corrected chi connectivity index (χ2v) is 7.99. The molecule has 0 spiro atoms. The first kappa shape index (κ1) is 17.5. The summed E-state index contributed by atoms with van der Waals surface area (Å²) in [4.78, 5) is 12.6. The number of nitrogens with zero attached hydrogens (tertiary/aromatic N) is 2. The van der Waals surface area contributed by atoms with Crippen molar-refractivity contribution in [3.8, 4) is 5.75 Å². The molecule has 5 heteroatoms. The van der Waals surface area contributed by atoms with Crippen LogP contribution in [0.4, 0.5) is 0 Å². The zero-order valence-corrected chi connectivity index (χ0v) is 17.1. The maximum Gasteiger partial charge on any atom is 0.242 e. The van der Waals surface area contributed by atoms with Crippen LogP contribution in [0.2, 0.25) is 0 Å². The van der Waals surface area contributed by atoms with Crippen molar-refractivity contribution in [1.82, 2.24) is 5.01 Å². The Labute approximate surface area is 167 Å². The number of aryl methyl sites for hydroxylation is 1. The van der Waals surface area contributed by atoms with E-state index in [0.29, 0.717) is 6.42 Å². The van der Waals surface area contributed by atoms with Gasteiger partial charge < -0.3 is 4.74 Å². The zero-order valence-electron chi connectivity index (χ0n) is 14.9. The number of halogens is 1. The molecule has 134 valence electrons. The summed E-state index contributed by atoms with van der Waals surface area (Å²) in [5.74, 6) is 1.19. The summed E-state index contributed by atoms with van der Waals surface area (Å²) in [6, 6.07) is 14.6. The van der Waals surface area contributed by atoms with Gasteiger partial charge in [-0.05, 0) is 76.9 Å². The highest BCUT2D eigenvalue weighted by Gasteiger charge is 2.43. The molecule has 0 radical (unpaired) electrons. The minimum Gasteiger partial charge on any atom is -0.497 e. The quantitative estimate of drug-likeness (QED) is 0.631. The molecule has 2 aromatic carbocycles. The second-order valence-electron chi connectivity index (χ2n) is 6.75. The van der Waals surface area contributed by atoms with Crippen LogP contribution in [-0.4, -0.2) is 23.7 Å². The van der Waals surface area contributed by atoms with Crippen LogP contribution < -0.4 is 4.74 Å². The van der Waals surface area contributed by atoms with Gasteiger partial charge in [-0.25, -0.2) is 5.01 Å². The lowest BCUT2D eigenvalue weighted by molar-refractivity contribution is -0.133. The van der Waals surface area contributed by atoms with E-state index in [4.69, 9.17) is 9.84 Å². The number of hydrogen-bond acceptors (Lipinski definition) is 3. The number of carbonyl (C=O) groups excluding carboxylic acids is 1. The van der Waals surface area contributed by atoms with Gasteiger partial charge in [0, 0.05) is 21.5 Å². The first-order chi connectivity index (χ1) is 12.6. The predicted octanol–water partition coefficient (Wildman–Crippen LogP) is 4.56. The molecule has 0 fully saturated rings. The van der Waals surface area contributed by atoms with Crippen molar-refractivity contribution < 1.29 is 9.53 Å².